The van der Waals surface area contributed by atoms with Crippen molar-refractivity contribution in [3.8, 4) is 5.75 Å². The zero-order chi connectivity index (χ0) is 16.7. The average Bonchev–Trinajstić information content (AvgIpc) is 2.61. The molecule has 1 aromatic carbocycles. The van der Waals surface area contributed by atoms with Crippen LogP contribution in [0.3, 0.4) is 0 Å². The standard InChI is InChI=1S/C18H23N3OS/c1-5-15-12-17(21(6-2)7-3)20-18(19-15)23-13-14-8-10-16(22-4)11-9-14/h5,8-12H,1,6-7,13H2,2-4H3. The van der Waals surface area contributed by atoms with E-state index in [-0.39, 0.29) is 0 Å². The van der Waals surface area contributed by atoms with Gasteiger partial charge in [0.05, 0.1) is 12.8 Å². The summed E-state index contributed by atoms with van der Waals surface area (Å²) in [5, 5.41) is 0.778. The molecule has 0 bridgehead atoms. The lowest BCUT2D eigenvalue weighted by atomic mass is 10.2. The van der Waals surface area contributed by atoms with E-state index in [1.165, 1.54) is 5.56 Å². The van der Waals surface area contributed by atoms with E-state index in [1.807, 2.05) is 18.2 Å². The molecule has 122 valence electrons. The molecule has 0 aliphatic rings. The van der Waals surface area contributed by atoms with Crippen molar-refractivity contribution in [2.24, 2.45) is 0 Å². The van der Waals surface area contributed by atoms with Gasteiger partial charge < -0.3 is 9.64 Å². The Bertz CT molecular complexity index is 639. The number of nitrogens with zero attached hydrogens (tertiary/aromatic N) is 3. The van der Waals surface area contributed by atoms with Crippen LogP contribution < -0.4 is 9.64 Å². The fourth-order valence-corrected chi connectivity index (χ4v) is 2.99. The van der Waals surface area contributed by atoms with Gasteiger partial charge in [-0.3, -0.25) is 0 Å². The minimum absolute atomic E-state index is 0.778. The molecule has 0 aliphatic heterocycles. The third kappa shape index (κ3) is 4.73. The molecule has 5 heteroatoms. The van der Waals surface area contributed by atoms with Crippen molar-refractivity contribution in [3.05, 3.63) is 48.2 Å². The SMILES string of the molecule is C=Cc1cc(N(CC)CC)nc(SCc2ccc(OC)cc2)n1. The predicted octanol–water partition coefficient (Wildman–Crippen LogP) is 4.27. The Hall–Kier alpha value is -2.01. The lowest BCUT2D eigenvalue weighted by Crippen LogP contribution is -2.23. The van der Waals surface area contributed by atoms with Crippen molar-refractivity contribution in [3.63, 3.8) is 0 Å². The number of methoxy groups -OCH3 is 1. The summed E-state index contributed by atoms with van der Waals surface area (Å²) < 4.78 is 5.18. The zero-order valence-electron chi connectivity index (χ0n) is 14.0. The van der Waals surface area contributed by atoms with Crippen molar-refractivity contribution in [1.29, 1.82) is 0 Å². The van der Waals surface area contributed by atoms with E-state index in [0.717, 1.165) is 41.3 Å². The van der Waals surface area contributed by atoms with Crippen molar-refractivity contribution in [1.82, 2.24) is 9.97 Å². The molecular formula is C18H23N3OS. The Morgan fingerprint density at radius 1 is 1.17 bits per heavy atom. The normalized spacial score (nSPS) is 10.4. The van der Waals surface area contributed by atoms with Crippen molar-refractivity contribution < 1.29 is 4.74 Å². The van der Waals surface area contributed by atoms with E-state index in [9.17, 15) is 0 Å². The average molecular weight is 329 g/mol. The Labute approximate surface area is 142 Å². The van der Waals surface area contributed by atoms with Gasteiger partial charge in [-0.1, -0.05) is 30.5 Å². The van der Waals surface area contributed by atoms with Crippen molar-refractivity contribution in [2.75, 3.05) is 25.1 Å². The first-order chi connectivity index (χ1) is 11.2. The van der Waals surface area contributed by atoms with Crippen LogP contribution in [0.2, 0.25) is 0 Å². The first kappa shape index (κ1) is 17.3. The summed E-state index contributed by atoms with van der Waals surface area (Å²) in [5.41, 5.74) is 2.08. The van der Waals surface area contributed by atoms with Crippen molar-refractivity contribution >= 4 is 23.7 Å². The zero-order valence-corrected chi connectivity index (χ0v) is 14.8. The fraction of sp³-hybridized carbons (Fsp3) is 0.333. The molecule has 0 fully saturated rings. The van der Waals surface area contributed by atoms with Crippen LogP contribution in [0.1, 0.15) is 25.1 Å². The van der Waals surface area contributed by atoms with Crippen LogP contribution in [0.25, 0.3) is 6.08 Å². The molecule has 2 aromatic rings. The molecule has 0 amide bonds. The molecule has 0 radical (unpaired) electrons. The molecule has 0 spiro atoms. The van der Waals surface area contributed by atoms with E-state index in [1.54, 1.807) is 24.9 Å². The third-order valence-electron chi connectivity index (χ3n) is 3.54. The van der Waals surface area contributed by atoms with E-state index < -0.39 is 0 Å². The first-order valence-corrected chi connectivity index (χ1v) is 8.70. The van der Waals surface area contributed by atoms with E-state index in [0.29, 0.717) is 0 Å². The molecule has 1 aromatic heterocycles. The highest BCUT2D eigenvalue weighted by Crippen LogP contribution is 2.24. The molecule has 1 heterocycles. The maximum Gasteiger partial charge on any atom is 0.190 e. The van der Waals surface area contributed by atoms with Gasteiger partial charge in [0.15, 0.2) is 5.16 Å². The Balaban J connectivity index is 2.14. The van der Waals surface area contributed by atoms with Gasteiger partial charge in [-0.15, -0.1) is 0 Å². The van der Waals surface area contributed by atoms with E-state index in [4.69, 9.17) is 4.74 Å². The summed E-state index contributed by atoms with van der Waals surface area (Å²) in [6.07, 6.45) is 1.77. The number of anilines is 1. The number of hydrogen-bond donors (Lipinski definition) is 0. The molecule has 0 saturated heterocycles. The summed E-state index contributed by atoms with van der Waals surface area (Å²) in [6, 6.07) is 10.1. The van der Waals surface area contributed by atoms with Crippen LogP contribution >= 0.6 is 11.8 Å². The van der Waals surface area contributed by atoms with Crippen molar-refractivity contribution in [2.45, 2.75) is 24.8 Å². The molecular weight excluding hydrogens is 306 g/mol. The number of rotatable bonds is 8. The molecule has 0 unspecified atom stereocenters. The predicted molar refractivity (Wildman–Crippen MR) is 98.2 cm³/mol. The first-order valence-electron chi connectivity index (χ1n) is 7.72. The number of thioether (sulfide) groups is 1. The Morgan fingerprint density at radius 2 is 1.87 bits per heavy atom. The maximum absolute atomic E-state index is 5.18. The Morgan fingerprint density at radius 3 is 2.43 bits per heavy atom. The second kappa shape index (κ2) is 8.58. The smallest absolute Gasteiger partial charge is 0.190 e. The Kier molecular flexibility index (Phi) is 6.47. The van der Waals surface area contributed by atoms with Gasteiger partial charge in [0.25, 0.3) is 0 Å². The summed E-state index contributed by atoms with van der Waals surface area (Å²) in [6.45, 7) is 9.93. The number of benzene rings is 1. The highest BCUT2D eigenvalue weighted by Gasteiger charge is 2.09. The van der Waals surface area contributed by atoms with Crippen LogP contribution in [0.5, 0.6) is 5.75 Å². The summed E-state index contributed by atoms with van der Waals surface area (Å²) in [4.78, 5) is 11.4. The van der Waals surface area contributed by atoms with Crippen LogP contribution in [0.4, 0.5) is 5.82 Å². The summed E-state index contributed by atoms with van der Waals surface area (Å²) in [7, 11) is 1.67. The minimum Gasteiger partial charge on any atom is -0.497 e. The topological polar surface area (TPSA) is 38.2 Å². The molecule has 2 rings (SSSR count). The van der Waals surface area contributed by atoms with Gasteiger partial charge in [-0.25, -0.2) is 9.97 Å². The summed E-state index contributed by atoms with van der Waals surface area (Å²) in [5.74, 6) is 2.65. The lowest BCUT2D eigenvalue weighted by Gasteiger charge is -2.20. The van der Waals surface area contributed by atoms with E-state index >= 15 is 0 Å². The van der Waals surface area contributed by atoms with Crippen LogP contribution in [0.15, 0.2) is 42.1 Å². The fourth-order valence-electron chi connectivity index (χ4n) is 2.18. The van der Waals surface area contributed by atoms with Crippen LogP contribution in [0, 0.1) is 0 Å². The highest BCUT2D eigenvalue weighted by atomic mass is 32.2. The maximum atomic E-state index is 5.18. The molecule has 4 nitrogen and oxygen atoms in total. The number of aromatic nitrogens is 2. The van der Waals surface area contributed by atoms with E-state index in [2.05, 4.69) is 47.4 Å². The number of ether oxygens (including phenoxy) is 1. The quantitative estimate of drug-likeness (QED) is 0.534. The van der Waals surface area contributed by atoms with Crippen LogP contribution in [-0.4, -0.2) is 30.2 Å². The molecule has 0 N–H and O–H groups in total. The van der Waals surface area contributed by atoms with Gasteiger partial charge in [-0.05, 0) is 37.6 Å². The van der Waals surface area contributed by atoms with Gasteiger partial charge in [0.1, 0.15) is 11.6 Å². The monoisotopic (exact) mass is 329 g/mol. The lowest BCUT2D eigenvalue weighted by molar-refractivity contribution is 0.414. The molecule has 0 aliphatic carbocycles. The molecule has 0 saturated carbocycles. The van der Waals surface area contributed by atoms with Gasteiger partial charge in [0, 0.05) is 24.9 Å². The highest BCUT2D eigenvalue weighted by molar-refractivity contribution is 7.98. The molecule has 0 atom stereocenters. The second-order valence-electron chi connectivity index (χ2n) is 4.95. The van der Waals surface area contributed by atoms with Gasteiger partial charge in [0.2, 0.25) is 0 Å². The minimum atomic E-state index is 0.778. The van der Waals surface area contributed by atoms with Gasteiger partial charge in [-0.2, -0.15) is 0 Å². The molecule has 23 heavy (non-hydrogen) atoms. The largest absolute Gasteiger partial charge is 0.497 e. The third-order valence-corrected chi connectivity index (χ3v) is 4.45. The number of hydrogen-bond acceptors (Lipinski definition) is 5. The van der Waals surface area contributed by atoms with Gasteiger partial charge >= 0.3 is 0 Å². The summed E-state index contributed by atoms with van der Waals surface area (Å²) >= 11 is 1.63. The van der Waals surface area contributed by atoms with Crippen LogP contribution in [-0.2, 0) is 5.75 Å². The second-order valence-corrected chi connectivity index (χ2v) is 5.89.